The molecule has 0 saturated heterocycles. The van der Waals surface area contributed by atoms with Crippen molar-refractivity contribution < 1.29 is 19.1 Å². The molecule has 1 heterocycles. The van der Waals surface area contributed by atoms with Gasteiger partial charge in [-0.1, -0.05) is 6.92 Å². The first-order chi connectivity index (χ1) is 8.87. The van der Waals surface area contributed by atoms with E-state index < -0.39 is 17.4 Å². The van der Waals surface area contributed by atoms with Crippen molar-refractivity contribution in [2.45, 2.75) is 51.5 Å². The van der Waals surface area contributed by atoms with E-state index in [9.17, 15) is 9.59 Å². The van der Waals surface area contributed by atoms with Gasteiger partial charge in [-0.05, 0) is 33.1 Å². The number of amides is 1. The first-order valence-electron chi connectivity index (χ1n) is 6.40. The summed E-state index contributed by atoms with van der Waals surface area (Å²) < 4.78 is 5.45. The molecular formula is C13H18N2O4. The smallest absolute Gasteiger partial charge is 0.329 e. The number of nitrogens with zero attached hydrogens (tertiary/aromatic N) is 1. The molecule has 6 heteroatoms. The fourth-order valence-corrected chi connectivity index (χ4v) is 1.73. The molecule has 104 valence electrons. The molecule has 19 heavy (non-hydrogen) atoms. The lowest BCUT2D eigenvalue weighted by molar-refractivity contribution is -0.143. The highest BCUT2D eigenvalue weighted by atomic mass is 16.4. The quantitative estimate of drug-likeness (QED) is 0.848. The van der Waals surface area contributed by atoms with Crippen LogP contribution < -0.4 is 5.32 Å². The van der Waals surface area contributed by atoms with Gasteiger partial charge in [-0.2, -0.15) is 0 Å². The molecule has 0 aliphatic heterocycles. The summed E-state index contributed by atoms with van der Waals surface area (Å²) >= 11 is 0. The summed E-state index contributed by atoms with van der Waals surface area (Å²) in [5, 5.41) is 11.6. The van der Waals surface area contributed by atoms with Gasteiger partial charge < -0.3 is 14.8 Å². The third kappa shape index (κ3) is 2.62. The lowest BCUT2D eigenvalue weighted by Gasteiger charge is -2.23. The van der Waals surface area contributed by atoms with Crippen LogP contribution in [0.15, 0.2) is 4.42 Å². The standard InChI is InChI=1S/C13H18N2O4/c1-4-13(3,12(17)18)15-10(16)9-7(2)14-11(19-9)8-5-6-8/h8H,4-6H2,1-3H3,(H,15,16)(H,17,18). The number of aromatic nitrogens is 1. The fraction of sp³-hybridized carbons (Fsp3) is 0.615. The van der Waals surface area contributed by atoms with Crippen LogP contribution in [0.3, 0.4) is 0 Å². The molecule has 0 radical (unpaired) electrons. The number of carboxylic acid groups (broad SMARTS) is 1. The van der Waals surface area contributed by atoms with Gasteiger partial charge in [0.2, 0.25) is 5.76 Å². The van der Waals surface area contributed by atoms with Crippen LogP contribution in [0.4, 0.5) is 0 Å². The highest BCUT2D eigenvalue weighted by Crippen LogP contribution is 2.40. The van der Waals surface area contributed by atoms with Crippen LogP contribution in [0.1, 0.15) is 61.2 Å². The number of hydrogen-bond donors (Lipinski definition) is 2. The van der Waals surface area contributed by atoms with Gasteiger partial charge in [0, 0.05) is 5.92 Å². The predicted molar refractivity (Wildman–Crippen MR) is 67.0 cm³/mol. The largest absolute Gasteiger partial charge is 0.480 e. The molecule has 1 saturated carbocycles. The van der Waals surface area contributed by atoms with Gasteiger partial charge in [0.1, 0.15) is 5.54 Å². The van der Waals surface area contributed by atoms with Crippen molar-refractivity contribution in [3.63, 3.8) is 0 Å². The van der Waals surface area contributed by atoms with Crippen LogP contribution in [-0.4, -0.2) is 27.5 Å². The Bertz CT molecular complexity index is 519. The van der Waals surface area contributed by atoms with Crippen molar-refractivity contribution >= 4 is 11.9 Å². The second kappa shape index (κ2) is 4.68. The molecule has 1 atom stereocenters. The summed E-state index contributed by atoms with van der Waals surface area (Å²) in [6.07, 6.45) is 2.35. The number of aliphatic carboxylic acids is 1. The molecule has 0 aromatic carbocycles. The van der Waals surface area contributed by atoms with E-state index in [1.54, 1.807) is 13.8 Å². The third-order valence-corrected chi connectivity index (χ3v) is 3.51. The topological polar surface area (TPSA) is 92.4 Å². The van der Waals surface area contributed by atoms with E-state index in [0.29, 0.717) is 17.5 Å². The van der Waals surface area contributed by atoms with E-state index in [4.69, 9.17) is 9.52 Å². The number of carboxylic acids is 1. The fourth-order valence-electron chi connectivity index (χ4n) is 1.73. The molecule has 6 nitrogen and oxygen atoms in total. The minimum atomic E-state index is -1.30. The number of oxazole rings is 1. The summed E-state index contributed by atoms with van der Waals surface area (Å²) in [6.45, 7) is 4.87. The van der Waals surface area contributed by atoms with Crippen molar-refractivity contribution in [3.05, 3.63) is 17.3 Å². The minimum Gasteiger partial charge on any atom is -0.480 e. The number of hydrogen-bond acceptors (Lipinski definition) is 4. The molecule has 1 aliphatic rings. The third-order valence-electron chi connectivity index (χ3n) is 3.51. The zero-order chi connectivity index (χ0) is 14.2. The Labute approximate surface area is 111 Å². The zero-order valence-corrected chi connectivity index (χ0v) is 11.3. The van der Waals surface area contributed by atoms with E-state index in [1.807, 2.05) is 0 Å². The Hall–Kier alpha value is -1.85. The van der Waals surface area contributed by atoms with Crippen LogP contribution in [0.25, 0.3) is 0 Å². The normalized spacial score (nSPS) is 17.8. The van der Waals surface area contributed by atoms with Crippen molar-refractivity contribution in [3.8, 4) is 0 Å². The van der Waals surface area contributed by atoms with Gasteiger partial charge >= 0.3 is 5.97 Å². The number of nitrogens with one attached hydrogen (secondary N) is 1. The molecule has 2 N–H and O–H groups in total. The Morgan fingerprint density at radius 3 is 2.63 bits per heavy atom. The van der Waals surface area contributed by atoms with Gasteiger partial charge in [-0.3, -0.25) is 4.79 Å². The van der Waals surface area contributed by atoms with Gasteiger partial charge in [0.15, 0.2) is 5.89 Å². The molecule has 1 aliphatic carbocycles. The van der Waals surface area contributed by atoms with Gasteiger partial charge in [0.25, 0.3) is 5.91 Å². The number of carbonyl (C=O) groups is 2. The van der Waals surface area contributed by atoms with Crippen LogP contribution in [0.2, 0.25) is 0 Å². The molecule has 0 bridgehead atoms. The lowest BCUT2D eigenvalue weighted by atomic mass is 9.99. The number of aryl methyl sites for hydroxylation is 1. The molecule has 1 fully saturated rings. The first kappa shape index (κ1) is 13.6. The van der Waals surface area contributed by atoms with Crippen molar-refractivity contribution in [1.82, 2.24) is 10.3 Å². The van der Waals surface area contributed by atoms with Crippen molar-refractivity contribution in [1.29, 1.82) is 0 Å². The maximum atomic E-state index is 12.1. The Morgan fingerprint density at radius 2 is 2.16 bits per heavy atom. The summed E-state index contributed by atoms with van der Waals surface area (Å²) in [6, 6.07) is 0. The SMILES string of the molecule is CCC(C)(NC(=O)c1oc(C2CC2)nc1C)C(=O)O. The summed E-state index contributed by atoms with van der Waals surface area (Å²) in [7, 11) is 0. The maximum absolute atomic E-state index is 12.1. The van der Waals surface area contributed by atoms with E-state index in [-0.39, 0.29) is 12.2 Å². The Balaban J connectivity index is 2.17. The highest BCUT2D eigenvalue weighted by Gasteiger charge is 2.36. The van der Waals surface area contributed by atoms with Gasteiger partial charge in [-0.25, -0.2) is 9.78 Å². The van der Waals surface area contributed by atoms with Gasteiger partial charge in [-0.15, -0.1) is 0 Å². The number of carbonyl (C=O) groups excluding carboxylic acids is 1. The van der Waals surface area contributed by atoms with Crippen LogP contribution in [0.5, 0.6) is 0 Å². The first-order valence-corrected chi connectivity index (χ1v) is 6.40. The average Bonchev–Trinajstić information content (AvgIpc) is 3.12. The second-order valence-corrected chi connectivity index (χ2v) is 5.19. The molecule has 1 aromatic heterocycles. The van der Waals surface area contributed by atoms with Crippen LogP contribution in [0, 0.1) is 6.92 Å². The molecule has 0 spiro atoms. The maximum Gasteiger partial charge on any atom is 0.329 e. The zero-order valence-electron chi connectivity index (χ0n) is 11.3. The number of rotatable bonds is 5. The Morgan fingerprint density at radius 1 is 1.53 bits per heavy atom. The van der Waals surface area contributed by atoms with Crippen molar-refractivity contribution in [2.24, 2.45) is 0 Å². The van der Waals surface area contributed by atoms with Crippen LogP contribution >= 0.6 is 0 Å². The Kier molecular flexibility index (Phi) is 3.34. The summed E-state index contributed by atoms with van der Waals surface area (Å²) in [5.74, 6) is -0.581. The predicted octanol–water partition coefficient (Wildman–Crippen LogP) is 1.84. The minimum absolute atomic E-state index is 0.114. The van der Waals surface area contributed by atoms with E-state index in [1.165, 1.54) is 6.92 Å². The lowest BCUT2D eigenvalue weighted by Crippen LogP contribution is -2.51. The highest BCUT2D eigenvalue weighted by molar-refractivity contribution is 5.96. The molecule has 1 amide bonds. The van der Waals surface area contributed by atoms with E-state index in [0.717, 1.165) is 12.8 Å². The monoisotopic (exact) mass is 266 g/mol. The van der Waals surface area contributed by atoms with Crippen molar-refractivity contribution in [2.75, 3.05) is 0 Å². The van der Waals surface area contributed by atoms with Crippen LogP contribution in [-0.2, 0) is 4.79 Å². The molecule has 2 rings (SSSR count). The molecular weight excluding hydrogens is 248 g/mol. The molecule has 1 aromatic rings. The molecule has 1 unspecified atom stereocenters. The van der Waals surface area contributed by atoms with E-state index >= 15 is 0 Å². The van der Waals surface area contributed by atoms with E-state index in [2.05, 4.69) is 10.3 Å². The summed E-state index contributed by atoms with van der Waals surface area (Å²) in [5.41, 5.74) is -0.793. The average molecular weight is 266 g/mol. The second-order valence-electron chi connectivity index (χ2n) is 5.19. The summed E-state index contributed by atoms with van der Waals surface area (Å²) in [4.78, 5) is 27.5. The van der Waals surface area contributed by atoms with Gasteiger partial charge in [0.05, 0.1) is 5.69 Å².